The van der Waals surface area contributed by atoms with Crippen LogP contribution in [0.1, 0.15) is 23.0 Å². The maximum Gasteiger partial charge on any atom is 0.374 e. The Bertz CT molecular complexity index is 974. The largest absolute Gasteiger partial charge is 0.493 e. The predicted molar refractivity (Wildman–Crippen MR) is 100 cm³/mol. The highest BCUT2D eigenvalue weighted by Crippen LogP contribution is 2.28. The normalized spacial score (nSPS) is 10.5. The molecule has 0 aliphatic carbocycles. The van der Waals surface area contributed by atoms with Gasteiger partial charge in [0.25, 0.3) is 0 Å². The van der Waals surface area contributed by atoms with Crippen LogP contribution in [0.4, 0.5) is 0 Å². The molecule has 7 heteroatoms. The molecule has 1 heterocycles. The maximum absolute atomic E-state index is 12.2. The Morgan fingerprint density at radius 3 is 2.43 bits per heavy atom. The fraction of sp³-hybridized carbons (Fsp3) is 0.238. The number of methoxy groups -OCH3 is 1. The zero-order valence-corrected chi connectivity index (χ0v) is 15.6. The Morgan fingerprint density at radius 2 is 1.68 bits per heavy atom. The Hall–Kier alpha value is -3.48. The number of ether oxygens (including phenoxy) is 4. The lowest BCUT2D eigenvalue weighted by molar-refractivity contribution is -0.147. The van der Waals surface area contributed by atoms with E-state index in [4.69, 9.17) is 23.4 Å². The molecule has 0 fully saturated rings. The van der Waals surface area contributed by atoms with Crippen molar-refractivity contribution in [2.24, 2.45) is 0 Å². The standard InChI is InChI=1S/C21H20O7/c1-3-25-21(23)20-15(14-8-4-5-9-16(14)28-20)12-27-19(22)13-26-18-11-7-6-10-17(18)24-2/h4-11H,3,12-13H2,1-2H3. The highest BCUT2D eigenvalue weighted by atomic mass is 16.6. The SMILES string of the molecule is CCOC(=O)c1oc2ccccc2c1COC(=O)COc1ccccc1OC. The molecule has 0 radical (unpaired) electrons. The Balaban J connectivity index is 1.69. The van der Waals surface area contributed by atoms with Crippen molar-refractivity contribution in [2.75, 3.05) is 20.3 Å². The number of carbonyl (C=O) groups is 2. The van der Waals surface area contributed by atoms with Gasteiger partial charge in [-0.1, -0.05) is 30.3 Å². The molecule has 146 valence electrons. The van der Waals surface area contributed by atoms with Crippen LogP contribution < -0.4 is 9.47 Å². The first-order chi connectivity index (χ1) is 13.6. The van der Waals surface area contributed by atoms with E-state index >= 15 is 0 Å². The summed E-state index contributed by atoms with van der Waals surface area (Å²) in [5.41, 5.74) is 0.974. The van der Waals surface area contributed by atoms with E-state index in [2.05, 4.69) is 0 Å². The van der Waals surface area contributed by atoms with E-state index in [0.29, 0.717) is 28.0 Å². The maximum atomic E-state index is 12.2. The summed E-state index contributed by atoms with van der Waals surface area (Å²) in [4.78, 5) is 24.3. The van der Waals surface area contributed by atoms with Crippen molar-refractivity contribution < 1.29 is 33.0 Å². The summed E-state index contributed by atoms with van der Waals surface area (Å²) < 4.78 is 26.5. The number of hydrogen-bond donors (Lipinski definition) is 0. The molecule has 0 saturated carbocycles. The van der Waals surface area contributed by atoms with E-state index in [-0.39, 0.29) is 25.6 Å². The van der Waals surface area contributed by atoms with Gasteiger partial charge in [-0.05, 0) is 25.1 Å². The van der Waals surface area contributed by atoms with Crippen molar-refractivity contribution in [3.05, 3.63) is 59.9 Å². The molecule has 0 N–H and O–H groups in total. The van der Waals surface area contributed by atoms with Gasteiger partial charge in [-0.3, -0.25) is 0 Å². The third-order valence-electron chi connectivity index (χ3n) is 3.95. The minimum Gasteiger partial charge on any atom is -0.493 e. The molecule has 3 rings (SSSR count). The third-order valence-corrected chi connectivity index (χ3v) is 3.95. The molecule has 7 nitrogen and oxygen atoms in total. The minimum atomic E-state index is -0.602. The topological polar surface area (TPSA) is 84.2 Å². The van der Waals surface area contributed by atoms with E-state index in [1.807, 2.05) is 6.07 Å². The van der Waals surface area contributed by atoms with Crippen molar-refractivity contribution in [2.45, 2.75) is 13.5 Å². The second kappa shape index (κ2) is 8.94. The molecule has 0 spiro atoms. The van der Waals surface area contributed by atoms with Crippen LogP contribution >= 0.6 is 0 Å². The number of carbonyl (C=O) groups excluding carboxylic acids is 2. The van der Waals surface area contributed by atoms with E-state index in [9.17, 15) is 9.59 Å². The molecule has 1 aromatic heterocycles. The van der Waals surface area contributed by atoms with Gasteiger partial charge in [-0.15, -0.1) is 0 Å². The first kappa shape index (κ1) is 19.3. The Kier molecular flexibility index (Phi) is 6.16. The molecule has 0 amide bonds. The summed E-state index contributed by atoms with van der Waals surface area (Å²) in [5, 5.41) is 0.684. The molecule has 3 aromatic rings. The molecule has 28 heavy (non-hydrogen) atoms. The van der Waals surface area contributed by atoms with E-state index < -0.39 is 11.9 Å². The number of hydrogen-bond acceptors (Lipinski definition) is 7. The third kappa shape index (κ3) is 4.25. The van der Waals surface area contributed by atoms with Gasteiger partial charge in [0.15, 0.2) is 18.1 Å². The van der Waals surface area contributed by atoms with Gasteiger partial charge < -0.3 is 23.4 Å². The van der Waals surface area contributed by atoms with Gasteiger partial charge in [-0.2, -0.15) is 0 Å². The lowest BCUT2D eigenvalue weighted by atomic mass is 10.1. The molecular formula is C21H20O7. The molecule has 0 atom stereocenters. The summed E-state index contributed by atoms with van der Waals surface area (Å²) in [6.07, 6.45) is 0. The fourth-order valence-corrected chi connectivity index (χ4v) is 2.67. The molecular weight excluding hydrogens is 364 g/mol. The number of esters is 2. The molecule has 0 aliphatic heterocycles. The van der Waals surface area contributed by atoms with Crippen LogP contribution in [0.25, 0.3) is 11.0 Å². The van der Waals surface area contributed by atoms with Crippen molar-refractivity contribution in [3.8, 4) is 11.5 Å². The highest BCUT2D eigenvalue weighted by molar-refractivity contribution is 5.96. The number of benzene rings is 2. The van der Waals surface area contributed by atoms with Gasteiger partial charge in [0.1, 0.15) is 12.2 Å². The van der Waals surface area contributed by atoms with E-state index in [1.165, 1.54) is 7.11 Å². The quantitative estimate of drug-likeness (QED) is 0.547. The molecule has 0 saturated heterocycles. The molecule has 2 aromatic carbocycles. The number of rotatable bonds is 8. The van der Waals surface area contributed by atoms with Gasteiger partial charge in [0.2, 0.25) is 5.76 Å². The van der Waals surface area contributed by atoms with Crippen LogP contribution in [0.2, 0.25) is 0 Å². The lowest BCUT2D eigenvalue weighted by Crippen LogP contribution is -2.16. The van der Waals surface area contributed by atoms with Crippen molar-refractivity contribution >= 4 is 22.9 Å². The van der Waals surface area contributed by atoms with Crippen LogP contribution in [0.3, 0.4) is 0 Å². The lowest BCUT2D eigenvalue weighted by Gasteiger charge is -2.10. The molecule has 0 bridgehead atoms. The number of para-hydroxylation sites is 3. The predicted octanol–water partition coefficient (Wildman–Crippen LogP) is 3.74. The van der Waals surface area contributed by atoms with Crippen LogP contribution in [0, 0.1) is 0 Å². The summed E-state index contributed by atoms with van der Waals surface area (Å²) in [5.74, 6) is -0.217. The highest BCUT2D eigenvalue weighted by Gasteiger charge is 2.22. The van der Waals surface area contributed by atoms with Gasteiger partial charge in [0.05, 0.1) is 19.3 Å². The van der Waals surface area contributed by atoms with Crippen molar-refractivity contribution in [3.63, 3.8) is 0 Å². The summed E-state index contributed by atoms with van der Waals surface area (Å²) >= 11 is 0. The van der Waals surface area contributed by atoms with Crippen LogP contribution in [-0.4, -0.2) is 32.3 Å². The van der Waals surface area contributed by atoms with Gasteiger partial charge in [-0.25, -0.2) is 9.59 Å². The second-order valence-electron chi connectivity index (χ2n) is 5.73. The Morgan fingerprint density at radius 1 is 0.964 bits per heavy atom. The molecule has 0 unspecified atom stereocenters. The van der Waals surface area contributed by atoms with Crippen molar-refractivity contribution in [1.82, 2.24) is 0 Å². The first-order valence-electron chi connectivity index (χ1n) is 8.73. The van der Waals surface area contributed by atoms with E-state index in [0.717, 1.165) is 0 Å². The van der Waals surface area contributed by atoms with Gasteiger partial charge in [0, 0.05) is 5.39 Å². The minimum absolute atomic E-state index is 0.0292. The monoisotopic (exact) mass is 384 g/mol. The average molecular weight is 384 g/mol. The summed E-state index contributed by atoms with van der Waals surface area (Å²) in [6, 6.07) is 14.1. The smallest absolute Gasteiger partial charge is 0.374 e. The summed E-state index contributed by atoms with van der Waals surface area (Å²) in [7, 11) is 1.52. The molecule has 0 aliphatic rings. The first-order valence-corrected chi connectivity index (χ1v) is 8.73. The fourth-order valence-electron chi connectivity index (χ4n) is 2.67. The van der Waals surface area contributed by atoms with Crippen molar-refractivity contribution in [1.29, 1.82) is 0 Å². The second-order valence-corrected chi connectivity index (χ2v) is 5.73. The van der Waals surface area contributed by atoms with Crippen LogP contribution in [0.15, 0.2) is 52.9 Å². The zero-order chi connectivity index (χ0) is 19.9. The van der Waals surface area contributed by atoms with Crippen LogP contribution in [0.5, 0.6) is 11.5 Å². The van der Waals surface area contributed by atoms with Crippen LogP contribution in [-0.2, 0) is 20.9 Å². The van der Waals surface area contributed by atoms with E-state index in [1.54, 1.807) is 49.4 Å². The number of furan rings is 1. The number of fused-ring (bicyclic) bond motifs is 1. The zero-order valence-electron chi connectivity index (χ0n) is 15.6. The average Bonchev–Trinajstić information content (AvgIpc) is 3.10. The summed E-state index contributed by atoms with van der Waals surface area (Å²) in [6.45, 7) is 1.47. The Labute approximate surface area is 161 Å². The van der Waals surface area contributed by atoms with Gasteiger partial charge >= 0.3 is 11.9 Å².